The lowest BCUT2D eigenvalue weighted by Gasteiger charge is -2.10. The first-order valence-corrected chi connectivity index (χ1v) is 9.76. The van der Waals surface area contributed by atoms with Crippen molar-refractivity contribution < 1.29 is 14.3 Å². The smallest absolute Gasteiger partial charge is 0.346 e. The first-order chi connectivity index (χ1) is 13.1. The topological polar surface area (TPSA) is 43.4 Å². The highest BCUT2D eigenvalue weighted by molar-refractivity contribution is 9.11. The first-order valence-electron chi connectivity index (χ1n) is 8.17. The van der Waals surface area contributed by atoms with E-state index in [1.807, 2.05) is 48.5 Å². The molecular weight excluding hydrogens is 472 g/mol. The summed E-state index contributed by atoms with van der Waals surface area (Å²) in [6.45, 7) is 0. The number of benzene rings is 4. The van der Waals surface area contributed by atoms with E-state index in [9.17, 15) is 9.59 Å². The quantitative estimate of drug-likeness (QED) is 0.241. The molecule has 0 aromatic heterocycles. The van der Waals surface area contributed by atoms with Crippen molar-refractivity contribution in [2.45, 2.75) is 0 Å². The van der Waals surface area contributed by atoms with Crippen molar-refractivity contribution in [2.75, 3.05) is 0 Å². The molecule has 4 aromatic carbocycles. The van der Waals surface area contributed by atoms with Crippen molar-refractivity contribution in [1.82, 2.24) is 0 Å². The molecule has 0 aliphatic rings. The second-order valence-corrected chi connectivity index (χ2v) is 7.67. The van der Waals surface area contributed by atoms with Crippen LogP contribution in [-0.2, 0) is 4.74 Å². The summed E-state index contributed by atoms with van der Waals surface area (Å²) in [5, 5.41) is 3.21. The number of ether oxygens (including phenoxy) is 1. The van der Waals surface area contributed by atoms with Crippen LogP contribution < -0.4 is 0 Å². The monoisotopic (exact) mass is 482 g/mol. The van der Waals surface area contributed by atoms with Crippen LogP contribution in [-0.4, -0.2) is 11.9 Å². The minimum absolute atomic E-state index is 0.340. The standard InChI is InChI=1S/C22H12Br2O3/c23-17-11-3-7-13-5-1-9-15(19(13)17)21(25)27-22(26)16-10-2-6-14-8-4-12-18(24)20(14)16/h1-12H. The highest BCUT2D eigenvalue weighted by atomic mass is 79.9. The molecule has 0 unspecified atom stereocenters. The van der Waals surface area contributed by atoms with Gasteiger partial charge in [-0.15, -0.1) is 0 Å². The van der Waals surface area contributed by atoms with Gasteiger partial charge in [0.05, 0.1) is 11.1 Å². The number of carbonyl (C=O) groups is 2. The summed E-state index contributed by atoms with van der Waals surface area (Å²) in [6, 6.07) is 21.9. The van der Waals surface area contributed by atoms with E-state index in [1.54, 1.807) is 24.3 Å². The summed E-state index contributed by atoms with van der Waals surface area (Å²) in [5.41, 5.74) is 0.681. The van der Waals surface area contributed by atoms with Gasteiger partial charge in [-0.2, -0.15) is 0 Å². The molecule has 0 amide bonds. The predicted molar refractivity (Wildman–Crippen MR) is 113 cm³/mol. The molecule has 3 nitrogen and oxygen atoms in total. The van der Waals surface area contributed by atoms with Crippen molar-refractivity contribution in [3.05, 3.63) is 92.9 Å². The largest absolute Gasteiger partial charge is 0.386 e. The summed E-state index contributed by atoms with van der Waals surface area (Å²) < 4.78 is 6.77. The lowest BCUT2D eigenvalue weighted by atomic mass is 10.0. The summed E-state index contributed by atoms with van der Waals surface area (Å²) in [5.74, 6) is -1.36. The highest BCUT2D eigenvalue weighted by Gasteiger charge is 2.20. The molecule has 0 aliphatic heterocycles. The highest BCUT2D eigenvalue weighted by Crippen LogP contribution is 2.30. The predicted octanol–water partition coefficient (Wildman–Crippen LogP) is 6.52. The Morgan fingerprint density at radius 2 is 0.963 bits per heavy atom. The summed E-state index contributed by atoms with van der Waals surface area (Å²) in [4.78, 5) is 25.5. The van der Waals surface area contributed by atoms with E-state index >= 15 is 0 Å². The molecule has 0 heterocycles. The van der Waals surface area contributed by atoms with Gasteiger partial charge < -0.3 is 4.74 Å². The van der Waals surface area contributed by atoms with Gasteiger partial charge in [0.2, 0.25) is 0 Å². The fourth-order valence-electron chi connectivity index (χ4n) is 3.12. The van der Waals surface area contributed by atoms with Crippen LogP contribution in [0.2, 0.25) is 0 Å². The minimum Gasteiger partial charge on any atom is -0.386 e. The summed E-state index contributed by atoms with van der Waals surface area (Å²) in [7, 11) is 0. The van der Waals surface area contributed by atoms with Gasteiger partial charge in [-0.1, -0.05) is 80.4 Å². The number of halogens is 2. The van der Waals surface area contributed by atoms with E-state index in [0.29, 0.717) is 11.1 Å². The zero-order valence-corrected chi connectivity index (χ0v) is 17.1. The molecule has 0 radical (unpaired) electrons. The Morgan fingerprint density at radius 3 is 1.37 bits per heavy atom. The second kappa shape index (κ2) is 7.25. The van der Waals surface area contributed by atoms with Gasteiger partial charge in [-0.3, -0.25) is 0 Å². The molecule has 0 N–H and O–H groups in total. The van der Waals surface area contributed by atoms with Crippen LogP contribution in [0.3, 0.4) is 0 Å². The fraction of sp³-hybridized carbons (Fsp3) is 0. The molecule has 0 saturated carbocycles. The third-order valence-electron chi connectivity index (χ3n) is 4.33. The Bertz CT molecular complexity index is 1110. The third kappa shape index (κ3) is 3.29. The van der Waals surface area contributed by atoms with Crippen molar-refractivity contribution in [3.8, 4) is 0 Å². The fourth-order valence-corrected chi connectivity index (χ4v) is 4.31. The molecule has 132 valence electrons. The molecule has 0 atom stereocenters. The minimum atomic E-state index is -0.679. The third-order valence-corrected chi connectivity index (χ3v) is 5.65. The van der Waals surface area contributed by atoms with Gasteiger partial charge >= 0.3 is 11.9 Å². The normalized spacial score (nSPS) is 10.9. The van der Waals surface area contributed by atoms with Crippen LogP contribution >= 0.6 is 31.9 Å². The van der Waals surface area contributed by atoms with Crippen molar-refractivity contribution in [3.63, 3.8) is 0 Å². The molecule has 0 fully saturated rings. The number of esters is 2. The Labute approximate surface area is 172 Å². The van der Waals surface area contributed by atoms with Crippen molar-refractivity contribution in [1.29, 1.82) is 0 Å². The van der Waals surface area contributed by atoms with Gasteiger partial charge in [-0.05, 0) is 35.0 Å². The van der Waals surface area contributed by atoms with Gasteiger partial charge in [0.25, 0.3) is 0 Å². The zero-order valence-electron chi connectivity index (χ0n) is 13.9. The summed E-state index contributed by atoms with van der Waals surface area (Å²) in [6.07, 6.45) is 0. The van der Waals surface area contributed by atoms with E-state index in [4.69, 9.17) is 4.74 Å². The van der Waals surface area contributed by atoms with Crippen molar-refractivity contribution >= 4 is 65.3 Å². The molecule has 4 aromatic rings. The molecular formula is C22H12Br2O3. The van der Waals surface area contributed by atoms with E-state index in [2.05, 4.69) is 31.9 Å². The van der Waals surface area contributed by atoms with Gasteiger partial charge in [0.1, 0.15) is 0 Å². The van der Waals surface area contributed by atoms with E-state index in [0.717, 1.165) is 30.5 Å². The average molecular weight is 484 g/mol. The van der Waals surface area contributed by atoms with Crippen LogP contribution in [0.1, 0.15) is 20.7 Å². The van der Waals surface area contributed by atoms with Gasteiger partial charge in [0.15, 0.2) is 0 Å². The van der Waals surface area contributed by atoms with E-state index < -0.39 is 11.9 Å². The Balaban J connectivity index is 1.74. The van der Waals surface area contributed by atoms with Crippen LogP contribution in [0.5, 0.6) is 0 Å². The lowest BCUT2D eigenvalue weighted by molar-refractivity contribution is 0.0400. The maximum atomic E-state index is 12.7. The Kier molecular flexibility index (Phi) is 4.81. The Hall–Kier alpha value is -2.50. The maximum absolute atomic E-state index is 12.7. The first kappa shape index (κ1) is 17.9. The number of hydrogen-bond donors (Lipinski definition) is 0. The zero-order chi connectivity index (χ0) is 19.0. The molecule has 0 aliphatic carbocycles. The lowest BCUT2D eigenvalue weighted by Crippen LogP contribution is -2.13. The summed E-state index contributed by atoms with van der Waals surface area (Å²) >= 11 is 6.94. The number of fused-ring (bicyclic) bond motifs is 2. The molecule has 0 spiro atoms. The van der Waals surface area contributed by atoms with Crippen molar-refractivity contribution in [2.24, 2.45) is 0 Å². The average Bonchev–Trinajstić information content (AvgIpc) is 2.67. The van der Waals surface area contributed by atoms with E-state index in [1.165, 1.54) is 0 Å². The number of carbonyl (C=O) groups excluding carboxylic acids is 2. The van der Waals surface area contributed by atoms with Gasteiger partial charge in [0, 0.05) is 19.7 Å². The Morgan fingerprint density at radius 1 is 0.593 bits per heavy atom. The van der Waals surface area contributed by atoms with Crippen LogP contribution in [0.25, 0.3) is 21.5 Å². The SMILES string of the molecule is O=C(OC(=O)c1cccc2cccc(Br)c12)c1cccc2cccc(Br)c12. The molecule has 27 heavy (non-hydrogen) atoms. The van der Waals surface area contributed by atoms with E-state index in [-0.39, 0.29) is 0 Å². The number of rotatable bonds is 2. The number of hydrogen-bond acceptors (Lipinski definition) is 3. The van der Waals surface area contributed by atoms with Crippen LogP contribution in [0, 0.1) is 0 Å². The maximum Gasteiger partial charge on any atom is 0.346 e. The molecule has 4 rings (SSSR count). The molecule has 0 saturated heterocycles. The van der Waals surface area contributed by atoms with Gasteiger partial charge in [-0.25, -0.2) is 9.59 Å². The van der Waals surface area contributed by atoms with Crippen LogP contribution in [0.4, 0.5) is 0 Å². The van der Waals surface area contributed by atoms with Crippen LogP contribution in [0.15, 0.2) is 81.7 Å². The second-order valence-electron chi connectivity index (χ2n) is 5.96. The molecule has 5 heteroatoms. The molecule has 0 bridgehead atoms.